The number of nitrogens with one attached hydrogen (secondary N) is 2. The molecule has 0 spiro atoms. The fourth-order valence-corrected chi connectivity index (χ4v) is 2.44. The summed E-state index contributed by atoms with van der Waals surface area (Å²) in [6, 6.07) is 8.72. The molecule has 27 heavy (non-hydrogen) atoms. The number of halogens is 5. The summed E-state index contributed by atoms with van der Waals surface area (Å²) in [5, 5.41) is 0.723. The predicted molar refractivity (Wildman–Crippen MR) is 93.4 cm³/mol. The minimum absolute atomic E-state index is 0.106. The van der Waals surface area contributed by atoms with Crippen molar-refractivity contribution >= 4 is 35.0 Å². The van der Waals surface area contributed by atoms with Crippen LogP contribution in [0.2, 0.25) is 10.0 Å². The lowest BCUT2D eigenvalue weighted by Crippen LogP contribution is -2.44. The highest BCUT2D eigenvalue weighted by Gasteiger charge is 2.30. The molecule has 0 saturated heterocycles. The van der Waals surface area contributed by atoms with Crippen molar-refractivity contribution in [3.8, 4) is 5.75 Å². The van der Waals surface area contributed by atoms with Crippen LogP contribution in [0.4, 0.5) is 13.2 Å². The Morgan fingerprint density at radius 1 is 1.00 bits per heavy atom. The molecule has 10 heteroatoms. The van der Waals surface area contributed by atoms with Crippen LogP contribution in [0.5, 0.6) is 5.75 Å². The van der Waals surface area contributed by atoms with E-state index in [1.165, 1.54) is 12.1 Å². The van der Waals surface area contributed by atoms with E-state index in [-0.39, 0.29) is 12.2 Å². The van der Waals surface area contributed by atoms with Gasteiger partial charge in [-0.1, -0.05) is 35.3 Å². The Labute approximate surface area is 162 Å². The number of carbonyl (C=O) groups excluding carboxylic acids is 2. The molecule has 2 aromatic carbocycles. The largest absolute Gasteiger partial charge is 0.484 e. The Morgan fingerprint density at radius 3 is 2.37 bits per heavy atom. The number of alkyl halides is 3. The van der Waals surface area contributed by atoms with Crippen molar-refractivity contribution in [1.82, 2.24) is 10.9 Å². The molecule has 0 aliphatic carbocycles. The molecule has 0 saturated carbocycles. The third-order valence-electron chi connectivity index (χ3n) is 3.24. The Hall–Kier alpha value is -2.45. The van der Waals surface area contributed by atoms with Crippen LogP contribution in [0, 0.1) is 0 Å². The maximum atomic E-state index is 12.6. The highest BCUT2D eigenvalue weighted by molar-refractivity contribution is 6.35. The lowest BCUT2D eigenvalue weighted by atomic mass is 10.1. The van der Waals surface area contributed by atoms with E-state index >= 15 is 0 Å². The Balaban J connectivity index is 1.80. The SMILES string of the molecule is O=C(COc1cccc(C(F)(F)F)c1)NNC(=O)Cc1ccc(Cl)cc1Cl. The first-order chi connectivity index (χ1) is 12.6. The molecule has 0 fully saturated rings. The smallest absolute Gasteiger partial charge is 0.416 e. The summed E-state index contributed by atoms with van der Waals surface area (Å²) in [5.41, 5.74) is 3.86. The molecule has 0 heterocycles. The van der Waals surface area contributed by atoms with Crippen molar-refractivity contribution in [2.24, 2.45) is 0 Å². The molecular weight excluding hydrogens is 408 g/mol. The summed E-state index contributed by atoms with van der Waals surface area (Å²) in [4.78, 5) is 23.5. The molecule has 0 aromatic heterocycles. The van der Waals surface area contributed by atoms with E-state index in [4.69, 9.17) is 27.9 Å². The van der Waals surface area contributed by atoms with Gasteiger partial charge >= 0.3 is 6.18 Å². The van der Waals surface area contributed by atoms with Crippen LogP contribution < -0.4 is 15.6 Å². The molecule has 0 bridgehead atoms. The first kappa shape index (κ1) is 20.9. The van der Waals surface area contributed by atoms with E-state index in [0.29, 0.717) is 15.6 Å². The molecule has 144 valence electrons. The number of rotatable bonds is 5. The number of hydrogen-bond donors (Lipinski definition) is 2. The van der Waals surface area contributed by atoms with E-state index in [0.717, 1.165) is 18.2 Å². The zero-order valence-electron chi connectivity index (χ0n) is 13.6. The van der Waals surface area contributed by atoms with Gasteiger partial charge in [-0.05, 0) is 35.9 Å². The first-order valence-corrected chi connectivity index (χ1v) is 8.22. The minimum atomic E-state index is -4.52. The molecule has 2 amide bonds. The minimum Gasteiger partial charge on any atom is -0.484 e. The molecule has 0 aliphatic rings. The highest BCUT2D eigenvalue weighted by Crippen LogP contribution is 2.31. The van der Waals surface area contributed by atoms with Crippen molar-refractivity contribution in [1.29, 1.82) is 0 Å². The van der Waals surface area contributed by atoms with Gasteiger partial charge < -0.3 is 4.74 Å². The van der Waals surface area contributed by atoms with Gasteiger partial charge in [-0.15, -0.1) is 0 Å². The summed E-state index contributed by atoms with van der Waals surface area (Å²) in [7, 11) is 0. The van der Waals surface area contributed by atoms with E-state index in [1.807, 2.05) is 0 Å². The number of hydrogen-bond acceptors (Lipinski definition) is 3. The average molecular weight is 421 g/mol. The summed E-state index contributed by atoms with van der Waals surface area (Å²) >= 11 is 11.7. The van der Waals surface area contributed by atoms with Crippen molar-refractivity contribution < 1.29 is 27.5 Å². The monoisotopic (exact) mass is 420 g/mol. The molecule has 0 atom stereocenters. The zero-order chi connectivity index (χ0) is 20.0. The quantitative estimate of drug-likeness (QED) is 0.723. The zero-order valence-corrected chi connectivity index (χ0v) is 15.1. The molecule has 2 rings (SSSR count). The van der Waals surface area contributed by atoms with Crippen LogP contribution >= 0.6 is 23.2 Å². The highest BCUT2D eigenvalue weighted by atomic mass is 35.5. The number of carbonyl (C=O) groups is 2. The number of hydrazine groups is 1. The summed E-state index contributed by atoms with van der Waals surface area (Å²) < 4.78 is 42.8. The molecule has 0 aliphatic heterocycles. The maximum Gasteiger partial charge on any atom is 0.416 e. The first-order valence-electron chi connectivity index (χ1n) is 7.47. The van der Waals surface area contributed by atoms with Crippen LogP contribution in [0.25, 0.3) is 0 Å². The van der Waals surface area contributed by atoms with Gasteiger partial charge in [-0.25, -0.2) is 0 Å². The fraction of sp³-hybridized carbons (Fsp3) is 0.176. The lowest BCUT2D eigenvalue weighted by molar-refractivity contribution is -0.137. The van der Waals surface area contributed by atoms with Crippen molar-refractivity contribution in [3.05, 3.63) is 63.6 Å². The number of ether oxygens (including phenoxy) is 1. The Morgan fingerprint density at radius 2 is 1.70 bits per heavy atom. The van der Waals surface area contributed by atoms with Crippen molar-refractivity contribution in [3.63, 3.8) is 0 Å². The molecule has 2 N–H and O–H groups in total. The molecule has 0 radical (unpaired) electrons. The normalized spacial score (nSPS) is 11.0. The fourth-order valence-electron chi connectivity index (χ4n) is 1.97. The van der Waals surface area contributed by atoms with E-state index < -0.39 is 30.2 Å². The Kier molecular flexibility index (Phi) is 6.92. The van der Waals surface area contributed by atoms with Crippen LogP contribution in [-0.4, -0.2) is 18.4 Å². The van der Waals surface area contributed by atoms with Gasteiger partial charge in [0.15, 0.2) is 6.61 Å². The van der Waals surface area contributed by atoms with Gasteiger partial charge in [0.1, 0.15) is 5.75 Å². The van der Waals surface area contributed by atoms with Crippen LogP contribution in [0.3, 0.4) is 0 Å². The summed E-state index contributed by atoms with van der Waals surface area (Å²) in [6.45, 7) is -0.580. The van der Waals surface area contributed by atoms with Gasteiger partial charge in [0.05, 0.1) is 12.0 Å². The molecule has 2 aromatic rings. The second-order valence-corrected chi connectivity index (χ2v) is 6.17. The van der Waals surface area contributed by atoms with Gasteiger partial charge in [-0.2, -0.15) is 13.2 Å². The summed E-state index contributed by atoms with van der Waals surface area (Å²) in [6.07, 6.45) is -4.62. The second kappa shape index (κ2) is 8.96. The second-order valence-electron chi connectivity index (χ2n) is 5.32. The molecule has 0 unspecified atom stereocenters. The van der Waals surface area contributed by atoms with Crippen LogP contribution in [0.1, 0.15) is 11.1 Å². The van der Waals surface area contributed by atoms with Crippen molar-refractivity contribution in [2.45, 2.75) is 12.6 Å². The maximum absolute atomic E-state index is 12.6. The van der Waals surface area contributed by atoms with Gasteiger partial charge in [0.25, 0.3) is 5.91 Å². The third kappa shape index (κ3) is 6.65. The van der Waals surface area contributed by atoms with Gasteiger partial charge in [0.2, 0.25) is 5.91 Å². The van der Waals surface area contributed by atoms with E-state index in [9.17, 15) is 22.8 Å². The van der Waals surface area contributed by atoms with Crippen LogP contribution in [-0.2, 0) is 22.2 Å². The topological polar surface area (TPSA) is 67.4 Å². The Bertz CT molecular complexity index is 844. The standard InChI is InChI=1S/C17H13Cl2F3N2O3/c18-12-5-4-10(14(19)8-12)6-15(25)23-24-16(26)9-27-13-3-1-2-11(7-13)17(20,21)22/h1-5,7-8H,6,9H2,(H,23,25)(H,24,26). The van der Waals surface area contributed by atoms with Gasteiger partial charge in [0, 0.05) is 10.0 Å². The lowest BCUT2D eigenvalue weighted by Gasteiger charge is -2.11. The third-order valence-corrected chi connectivity index (χ3v) is 3.83. The summed E-state index contributed by atoms with van der Waals surface area (Å²) in [5.74, 6) is -1.42. The van der Waals surface area contributed by atoms with Crippen LogP contribution in [0.15, 0.2) is 42.5 Å². The number of benzene rings is 2. The number of amides is 2. The predicted octanol–water partition coefficient (Wildman–Crippen LogP) is 3.78. The molecular formula is C17H13Cl2F3N2O3. The van der Waals surface area contributed by atoms with E-state index in [1.54, 1.807) is 12.1 Å². The van der Waals surface area contributed by atoms with Crippen molar-refractivity contribution in [2.75, 3.05) is 6.61 Å². The van der Waals surface area contributed by atoms with Gasteiger partial charge in [-0.3, -0.25) is 20.4 Å². The average Bonchev–Trinajstić information content (AvgIpc) is 2.60. The molecule has 5 nitrogen and oxygen atoms in total. The van der Waals surface area contributed by atoms with E-state index in [2.05, 4.69) is 10.9 Å².